The molecule has 0 amide bonds. The molecular weight excluding hydrogens is 471 g/mol. The molecule has 180 valence electrons. The number of halogens is 1. The van der Waals surface area contributed by atoms with Gasteiger partial charge in [-0.2, -0.15) is 5.10 Å². The third-order valence-electron chi connectivity index (χ3n) is 6.69. The minimum atomic E-state index is -2.72. The van der Waals surface area contributed by atoms with Crippen molar-refractivity contribution in [3.8, 4) is 0 Å². The van der Waals surface area contributed by atoms with E-state index in [4.69, 9.17) is 21.4 Å². The highest BCUT2D eigenvalue weighted by molar-refractivity contribution is 7.67. The van der Waals surface area contributed by atoms with E-state index in [0.717, 1.165) is 16.7 Å². The molecule has 8 nitrogen and oxygen atoms in total. The Morgan fingerprint density at radius 2 is 1.85 bits per heavy atom. The average Bonchev–Trinajstić information content (AvgIpc) is 3.20. The Morgan fingerprint density at radius 3 is 2.47 bits per heavy atom. The van der Waals surface area contributed by atoms with E-state index in [2.05, 4.69) is 62.5 Å². The molecule has 2 aromatic carbocycles. The SMILES string of the molecule is CCN(CC)P1(=Nc2cc(Cl)ccc2[N+](=O)[O-])/C(=C2\N(C)c3ccccc3C2(C)C)C=NN1C. The van der Waals surface area contributed by atoms with E-state index >= 15 is 0 Å². The summed E-state index contributed by atoms with van der Waals surface area (Å²) in [6.07, 6.45) is 1.89. The van der Waals surface area contributed by atoms with Gasteiger partial charge in [0.2, 0.25) is 0 Å². The fourth-order valence-corrected chi connectivity index (χ4v) is 9.00. The number of hydrogen-bond donors (Lipinski definition) is 0. The number of allylic oxidation sites excluding steroid dienone is 2. The molecule has 34 heavy (non-hydrogen) atoms. The molecule has 2 aliphatic heterocycles. The van der Waals surface area contributed by atoms with Gasteiger partial charge < -0.3 is 4.90 Å². The molecule has 4 rings (SSSR count). The zero-order valence-corrected chi connectivity index (χ0v) is 22.0. The monoisotopic (exact) mass is 500 g/mol. The number of fused-ring (bicyclic) bond motifs is 1. The molecule has 0 saturated heterocycles. The molecule has 10 heteroatoms. The van der Waals surface area contributed by atoms with Crippen molar-refractivity contribution >= 4 is 42.2 Å². The summed E-state index contributed by atoms with van der Waals surface area (Å²) >= 11 is 6.28. The standard InChI is InChI=1S/C24H30ClN6O2P/c1-7-30(8-2)34(27-19-15-17(25)13-14-21(19)31(32)33)22(16-26-29(34)6)23-24(3,4)18-11-9-10-12-20(18)28(23)5/h9-16H,7-8H2,1-6H3/b23-22-. The van der Waals surface area contributed by atoms with Crippen molar-refractivity contribution in [3.63, 3.8) is 0 Å². The van der Waals surface area contributed by atoms with Gasteiger partial charge in [-0.15, -0.1) is 0 Å². The predicted octanol–water partition coefficient (Wildman–Crippen LogP) is 6.82. The van der Waals surface area contributed by atoms with Crippen LogP contribution in [0, 0.1) is 10.1 Å². The number of hydrazone groups is 1. The Balaban J connectivity index is 2.12. The Labute approximate surface area is 205 Å². The number of nitrogens with zero attached hydrogens (tertiary/aromatic N) is 6. The van der Waals surface area contributed by atoms with E-state index < -0.39 is 12.3 Å². The summed E-state index contributed by atoms with van der Waals surface area (Å²) in [6.45, 7) is 10.0. The number of rotatable bonds is 5. The van der Waals surface area contributed by atoms with Crippen molar-refractivity contribution in [1.82, 2.24) is 9.45 Å². The smallest absolute Gasteiger partial charge is 0.294 e. The Hall–Kier alpha value is -2.67. The fraction of sp³-hybridized carbons (Fsp3) is 0.375. The third kappa shape index (κ3) is 3.56. The van der Waals surface area contributed by atoms with Crippen LogP contribution in [0.5, 0.6) is 0 Å². The molecule has 2 aliphatic rings. The summed E-state index contributed by atoms with van der Waals surface area (Å²) in [7, 11) is 1.26. The minimum Gasteiger partial charge on any atom is -0.346 e. The predicted molar refractivity (Wildman–Crippen MR) is 141 cm³/mol. The highest BCUT2D eigenvalue weighted by Gasteiger charge is 2.48. The number of nitro benzene ring substituents is 1. The van der Waals surface area contributed by atoms with Crippen molar-refractivity contribution < 1.29 is 4.92 Å². The van der Waals surface area contributed by atoms with Crippen LogP contribution in [-0.4, -0.2) is 47.8 Å². The molecule has 0 radical (unpaired) electrons. The lowest BCUT2D eigenvalue weighted by atomic mass is 9.84. The second-order valence-electron chi connectivity index (χ2n) is 8.87. The largest absolute Gasteiger partial charge is 0.346 e. The van der Waals surface area contributed by atoms with Crippen LogP contribution in [0.2, 0.25) is 5.02 Å². The van der Waals surface area contributed by atoms with Crippen LogP contribution in [0.15, 0.2) is 63.3 Å². The zero-order valence-electron chi connectivity index (χ0n) is 20.4. The fourth-order valence-electron chi connectivity index (χ4n) is 5.12. The average molecular weight is 501 g/mol. The number of para-hydroxylation sites is 1. The number of anilines is 1. The quantitative estimate of drug-likeness (QED) is 0.255. The summed E-state index contributed by atoms with van der Waals surface area (Å²) < 4.78 is 9.39. The Morgan fingerprint density at radius 1 is 1.18 bits per heavy atom. The summed E-state index contributed by atoms with van der Waals surface area (Å²) in [6, 6.07) is 12.9. The van der Waals surface area contributed by atoms with Crippen LogP contribution >= 0.6 is 19.0 Å². The summed E-state index contributed by atoms with van der Waals surface area (Å²) in [5.41, 5.74) is 3.38. The first-order valence-electron chi connectivity index (χ1n) is 11.3. The Kier molecular flexibility index (Phi) is 6.36. The van der Waals surface area contributed by atoms with Crippen molar-refractivity contribution in [2.75, 3.05) is 32.1 Å². The van der Waals surface area contributed by atoms with Crippen molar-refractivity contribution in [3.05, 3.63) is 74.2 Å². The van der Waals surface area contributed by atoms with Gasteiger partial charge in [-0.3, -0.25) is 10.1 Å². The summed E-state index contributed by atoms with van der Waals surface area (Å²) in [5, 5.41) is 18.0. The topological polar surface area (TPSA) is 77.6 Å². The molecule has 0 bridgehead atoms. The van der Waals surface area contributed by atoms with Gasteiger partial charge in [0.15, 0.2) is 7.36 Å². The van der Waals surface area contributed by atoms with E-state index in [1.54, 1.807) is 6.07 Å². The third-order valence-corrected chi connectivity index (χ3v) is 10.7. The van der Waals surface area contributed by atoms with Gasteiger partial charge in [0.05, 0.1) is 16.5 Å². The molecule has 0 N–H and O–H groups in total. The van der Waals surface area contributed by atoms with Gasteiger partial charge in [-0.05, 0) is 23.8 Å². The first-order chi connectivity index (χ1) is 16.1. The molecule has 1 atom stereocenters. The second-order valence-corrected chi connectivity index (χ2v) is 12.3. The number of benzene rings is 2. The lowest BCUT2D eigenvalue weighted by molar-refractivity contribution is -0.384. The maximum atomic E-state index is 11.9. The van der Waals surface area contributed by atoms with Gasteiger partial charge >= 0.3 is 0 Å². The molecule has 0 saturated carbocycles. The van der Waals surface area contributed by atoms with E-state index in [1.807, 2.05) is 24.1 Å². The first kappa shape index (κ1) is 24.5. The summed E-state index contributed by atoms with van der Waals surface area (Å²) in [4.78, 5) is 13.7. The van der Waals surface area contributed by atoms with Gasteiger partial charge in [0.25, 0.3) is 5.69 Å². The molecule has 0 aliphatic carbocycles. The highest BCUT2D eigenvalue weighted by atomic mass is 35.5. The van der Waals surface area contributed by atoms with Gasteiger partial charge in [0, 0.05) is 55.1 Å². The van der Waals surface area contributed by atoms with Gasteiger partial charge in [-0.25, -0.2) is 14.2 Å². The number of hydrogen-bond acceptors (Lipinski definition) is 5. The van der Waals surface area contributed by atoms with Gasteiger partial charge in [0.1, 0.15) is 5.69 Å². The molecule has 0 aromatic heterocycles. The van der Waals surface area contributed by atoms with Crippen LogP contribution in [0.3, 0.4) is 0 Å². The minimum absolute atomic E-state index is 0.0668. The molecule has 0 spiro atoms. The molecular formula is C24H30ClN6O2P. The van der Waals surface area contributed by atoms with Crippen LogP contribution < -0.4 is 4.90 Å². The maximum Gasteiger partial charge on any atom is 0.294 e. The van der Waals surface area contributed by atoms with E-state index in [0.29, 0.717) is 18.1 Å². The lowest BCUT2D eigenvalue weighted by Gasteiger charge is -2.39. The van der Waals surface area contributed by atoms with Crippen molar-refractivity contribution in [2.45, 2.75) is 33.1 Å². The zero-order chi connectivity index (χ0) is 24.8. The van der Waals surface area contributed by atoms with Gasteiger partial charge in [-0.1, -0.05) is 57.5 Å². The van der Waals surface area contributed by atoms with E-state index in [9.17, 15) is 10.1 Å². The highest BCUT2D eigenvalue weighted by Crippen LogP contribution is 2.69. The van der Waals surface area contributed by atoms with Crippen LogP contribution in [0.4, 0.5) is 17.1 Å². The second kappa shape index (κ2) is 8.84. The summed E-state index contributed by atoms with van der Waals surface area (Å²) in [5.74, 6) is 0. The Bertz CT molecular complexity index is 1270. The first-order valence-corrected chi connectivity index (χ1v) is 13.3. The number of nitro groups is 1. The van der Waals surface area contributed by atoms with E-state index in [1.165, 1.54) is 17.7 Å². The number of likely N-dealkylation sites (N-methyl/N-ethyl adjacent to an activating group) is 1. The lowest BCUT2D eigenvalue weighted by Crippen LogP contribution is -2.30. The van der Waals surface area contributed by atoms with Crippen molar-refractivity contribution in [2.24, 2.45) is 9.85 Å². The molecule has 2 aromatic rings. The van der Waals surface area contributed by atoms with Crippen LogP contribution in [0.1, 0.15) is 33.3 Å². The molecule has 2 heterocycles. The molecule has 0 fully saturated rings. The maximum absolute atomic E-state index is 11.9. The molecule has 1 unspecified atom stereocenters. The normalized spacial score (nSPS) is 23.1. The van der Waals surface area contributed by atoms with Crippen LogP contribution in [0.25, 0.3) is 0 Å². The van der Waals surface area contributed by atoms with E-state index in [-0.39, 0.29) is 16.8 Å². The van der Waals surface area contributed by atoms with Crippen LogP contribution in [-0.2, 0) is 5.41 Å². The van der Waals surface area contributed by atoms with Crippen molar-refractivity contribution in [1.29, 1.82) is 0 Å².